The maximum atomic E-state index is 11.8. The molecule has 0 heterocycles. The van der Waals surface area contributed by atoms with Crippen molar-refractivity contribution in [2.75, 3.05) is 5.32 Å². The van der Waals surface area contributed by atoms with Crippen molar-refractivity contribution in [1.29, 1.82) is 0 Å². The number of nitrogens with two attached hydrogens (primary N) is 1. The van der Waals surface area contributed by atoms with Gasteiger partial charge in [0.15, 0.2) is 0 Å². The van der Waals surface area contributed by atoms with Gasteiger partial charge in [0.25, 0.3) is 0 Å². The van der Waals surface area contributed by atoms with E-state index in [0.717, 1.165) is 29.4 Å². The van der Waals surface area contributed by atoms with Crippen LogP contribution in [0.4, 0.5) is 5.69 Å². The van der Waals surface area contributed by atoms with Crippen molar-refractivity contribution in [1.82, 2.24) is 0 Å². The van der Waals surface area contributed by atoms with Crippen molar-refractivity contribution in [3.63, 3.8) is 0 Å². The zero-order valence-electron chi connectivity index (χ0n) is 9.66. The molecule has 1 fully saturated rings. The Morgan fingerprint density at radius 1 is 1.35 bits per heavy atom. The summed E-state index contributed by atoms with van der Waals surface area (Å²) in [5.74, 6) is 0.417. The second-order valence-corrected chi connectivity index (χ2v) is 5.53. The maximum absolute atomic E-state index is 11.8. The van der Waals surface area contributed by atoms with E-state index in [1.807, 2.05) is 24.3 Å². The van der Waals surface area contributed by atoms with Gasteiger partial charge < -0.3 is 11.1 Å². The molecule has 1 aromatic rings. The molecule has 1 saturated carbocycles. The number of nitrogens with one attached hydrogen (secondary N) is 1. The van der Waals surface area contributed by atoms with E-state index in [-0.39, 0.29) is 11.9 Å². The van der Waals surface area contributed by atoms with Crippen molar-refractivity contribution in [3.05, 3.63) is 28.7 Å². The van der Waals surface area contributed by atoms with Gasteiger partial charge in [0.05, 0.1) is 0 Å². The Labute approximate surface area is 110 Å². The molecule has 4 heteroatoms. The third kappa shape index (κ3) is 3.54. The Kier molecular flexibility index (Phi) is 4.18. The fourth-order valence-corrected chi connectivity index (χ4v) is 2.57. The molecule has 0 radical (unpaired) electrons. The second-order valence-electron chi connectivity index (χ2n) is 4.61. The van der Waals surface area contributed by atoms with Crippen LogP contribution < -0.4 is 11.1 Å². The summed E-state index contributed by atoms with van der Waals surface area (Å²) in [4.78, 5) is 11.8. The molecule has 0 saturated heterocycles. The third-order valence-corrected chi connectivity index (χ3v) is 3.82. The lowest BCUT2D eigenvalue weighted by atomic mass is 10.00. The van der Waals surface area contributed by atoms with Crippen molar-refractivity contribution in [2.45, 2.75) is 31.7 Å². The van der Waals surface area contributed by atoms with Crippen molar-refractivity contribution >= 4 is 27.5 Å². The molecule has 0 aromatic heterocycles. The molecule has 1 aliphatic rings. The molecular formula is C13H17BrN2O. The van der Waals surface area contributed by atoms with Gasteiger partial charge in [-0.3, -0.25) is 4.79 Å². The fraction of sp³-hybridized carbons (Fsp3) is 0.462. The summed E-state index contributed by atoms with van der Waals surface area (Å²) in [6, 6.07) is 7.80. The van der Waals surface area contributed by atoms with Crippen LogP contribution in [-0.2, 0) is 4.79 Å². The van der Waals surface area contributed by atoms with Gasteiger partial charge in [-0.1, -0.05) is 22.4 Å². The number of halogens is 1. The highest BCUT2D eigenvalue weighted by Gasteiger charge is 2.25. The van der Waals surface area contributed by atoms with Crippen LogP contribution >= 0.6 is 15.9 Å². The lowest BCUT2D eigenvalue weighted by Crippen LogP contribution is -2.28. The molecule has 1 amide bonds. The molecule has 2 atom stereocenters. The van der Waals surface area contributed by atoms with Gasteiger partial charge in [0.2, 0.25) is 5.91 Å². The Balaban J connectivity index is 1.86. The van der Waals surface area contributed by atoms with Gasteiger partial charge in [0, 0.05) is 22.6 Å². The normalized spacial score (nSPS) is 23.6. The van der Waals surface area contributed by atoms with E-state index in [2.05, 4.69) is 21.2 Å². The first kappa shape index (κ1) is 12.6. The topological polar surface area (TPSA) is 55.1 Å². The van der Waals surface area contributed by atoms with Gasteiger partial charge in [-0.2, -0.15) is 0 Å². The maximum Gasteiger partial charge on any atom is 0.224 e. The number of hydrogen-bond acceptors (Lipinski definition) is 2. The minimum atomic E-state index is 0.0645. The third-order valence-electron chi connectivity index (χ3n) is 3.29. The quantitative estimate of drug-likeness (QED) is 0.901. The average molecular weight is 297 g/mol. The highest BCUT2D eigenvalue weighted by Crippen LogP contribution is 2.27. The highest BCUT2D eigenvalue weighted by molar-refractivity contribution is 9.10. The van der Waals surface area contributed by atoms with Crippen LogP contribution in [0, 0.1) is 5.92 Å². The van der Waals surface area contributed by atoms with Gasteiger partial charge in [0.1, 0.15) is 0 Å². The number of carbonyl (C=O) groups is 1. The van der Waals surface area contributed by atoms with Crippen LogP contribution in [0.15, 0.2) is 28.7 Å². The molecule has 0 spiro atoms. The van der Waals surface area contributed by atoms with Crippen LogP contribution in [0.5, 0.6) is 0 Å². The largest absolute Gasteiger partial charge is 0.327 e. The van der Waals surface area contributed by atoms with E-state index in [1.54, 1.807) is 0 Å². The van der Waals surface area contributed by atoms with Crippen LogP contribution in [0.2, 0.25) is 0 Å². The molecule has 3 N–H and O–H groups in total. The summed E-state index contributed by atoms with van der Waals surface area (Å²) in [6.07, 6.45) is 3.82. The van der Waals surface area contributed by atoms with Crippen molar-refractivity contribution in [2.24, 2.45) is 11.7 Å². The number of anilines is 1. The molecule has 92 valence electrons. The minimum Gasteiger partial charge on any atom is -0.327 e. The molecule has 2 rings (SSSR count). The molecule has 0 bridgehead atoms. The summed E-state index contributed by atoms with van der Waals surface area (Å²) in [5, 5.41) is 2.90. The summed E-state index contributed by atoms with van der Waals surface area (Å²) in [6.45, 7) is 0. The van der Waals surface area contributed by atoms with E-state index in [4.69, 9.17) is 5.73 Å². The molecule has 1 aliphatic carbocycles. The predicted octanol–water partition coefficient (Wildman–Crippen LogP) is 2.91. The van der Waals surface area contributed by atoms with E-state index in [0.29, 0.717) is 12.3 Å². The second kappa shape index (κ2) is 5.65. The number of benzene rings is 1. The molecule has 0 aliphatic heterocycles. The predicted molar refractivity (Wildman–Crippen MR) is 72.7 cm³/mol. The van der Waals surface area contributed by atoms with E-state index in [9.17, 15) is 4.79 Å². The monoisotopic (exact) mass is 296 g/mol. The fourth-order valence-electron chi connectivity index (χ4n) is 2.30. The zero-order chi connectivity index (χ0) is 12.3. The lowest BCUT2D eigenvalue weighted by Gasteiger charge is -2.14. The smallest absolute Gasteiger partial charge is 0.224 e. The van der Waals surface area contributed by atoms with Crippen molar-refractivity contribution < 1.29 is 4.79 Å². The van der Waals surface area contributed by atoms with Crippen LogP contribution in [0.3, 0.4) is 0 Å². The van der Waals surface area contributed by atoms with Gasteiger partial charge in [-0.05, 0) is 43.0 Å². The Morgan fingerprint density at radius 2 is 2.06 bits per heavy atom. The van der Waals surface area contributed by atoms with E-state index in [1.165, 1.54) is 0 Å². The van der Waals surface area contributed by atoms with Crippen LogP contribution in [0.25, 0.3) is 0 Å². The molecule has 3 nitrogen and oxygen atoms in total. The van der Waals surface area contributed by atoms with Gasteiger partial charge in [-0.25, -0.2) is 0 Å². The van der Waals surface area contributed by atoms with Gasteiger partial charge >= 0.3 is 0 Å². The first-order valence-corrected chi connectivity index (χ1v) is 6.75. The standard InChI is InChI=1S/C13H17BrN2O/c14-10-4-6-11(7-5-10)16-13(17)8-9-2-1-3-12(9)15/h4-7,9,12H,1-3,8,15H2,(H,16,17)/t9-,12+/m0/s1. The minimum absolute atomic E-state index is 0.0645. The molecular weight excluding hydrogens is 280 g/mol. The first-order valence-electron chi connectivity index (χ1n) is 5.96. The number of rotatable bonds is 3. The number of hydrogen-bond donors (Lipinski definition) is 2. The highest BCUT2D eigenvalue weighted by atomic mass is 79.9. The Hall–Kier alpha value is -0.870. The SMILES string of the molecule is N[C@@H]1CCC[C@H]1CC(=O)Nc1ccc(Br)cc1. The number of carbonyl (C=O) groups excluding carboxylic acids is 1. The average Bonchev–Trinajstić information content (AvgIpc) is 2.68. The summed E-state index contributed by atoms with van der Waals surface area (Å²) < 4.78 is 1.01. The Morgan fingerprint density at radius 3 is 2.65 bits per heavy atom. The van der Waals surface area contributed by atoms with Gasteiger partial charge in [-0.15, -0.1) is 0 Å². The number of amides is 1. The molecule has 1 aromatic carbocycles. The molecule has 17 heavy (non-hydrogen) atoms. The summed E-state index contributed by atoms with van der Waals surface area (Å²) >= 11 is 3.36. The zero-order valence-corrected chi connectivity index (χ0v) is 11.2. The summed E-state index contributed by atoms with van der Waals surface area (Å²) in [5.41, 5.74) is 6.79. The lowest BCUT2D eigenvalue weighted by molar-refractivity contribution is -0.117. The first-order chi connectivity index (χ1) is 8.15. The summed E-state index contributed by atoms with van der Waals surface area (Å²) in [7, 11) is 0. The molecule has 0 unspecified atom stereocenters. The van der Waals surface area contributed by atoms with Crippen LogP contribution in [0.1, 0.15) is 25.7 Å². The van der Waals surface area contributed by atoms with Crippen LogP contribution in [-0.4, -0.2) is 11.9 Å². The Bertz CT molecular complexity index is 391. The van der Waals surface area contributed by atoms with Crippen molar-refractivity contribution in [3.8, 4) is 0 Å². The van der Waals surface area contributed by atoms with E-state index < -0.39 is 0 Å². The van der Waals surface area contributed by atoms with E-state index >= 15 is 0 Å².